The van der Waals surface area contributed by atoms with E-state index in [1.165, 1.54) is 5.71 Å². The number of hydrogen-bond donors (Lipinski definition) is 1. The molecule has 0 rings (SSSR count). The number of aliphatic imine (C=N–C) groups is 1. The second-order valence-electron chi connectivity index (χ2n) is 4.10. The molecule has 0 aromatic heterocycles. The zero-order chi connectivity index (χ0) is 14.0. The Balaban J connectivity index is 4.33. The van der Waals surface area contributed by atoms with Crippen molar-refractivity contribution in [3.8, 4) is 0 Å². The minimum absolute atomic E-state index is 0.106. The summed E-state index contributed by atoms with van der Waals surface area (Å²) in [6.45, 7) is 7.84. The van der Waals surface area contributed by atoms with E-state index in [1.807, 2.05) is 0 Å². The van der Waals surface area contributed by atoms with Crippen LogP contribution in [0.1, 0.15) is 33.6 Å². The van der Waals surface area contributed by atoms with E-state index >= 15 is 0 Å². The molecule has 1 N–H and O–H groups in total. The largest absolute Gasteiger partial charge is 0.517 e. The molecule has 0 aliphatic carbocycles. The first-order valence-corrected chi connectivity index (χ1v) is 8.29. The van der Waals surface area contributed by atoms with Crippen molar-refractivity contribution in [3.05, 3.63) is 0 Å². The zero-order valence-electron chi connectivity index (χ0n) is 12.6. The smallest absolute Gasteiger partial charge is 0.376 e. The van der Waals surface area contributed by atoms with E-state index < -0.39 is 8.80 Å². The highest BCUT2D eigenvalue weighted by atomic mass is 28.4. The first-order chi connectivity index (χ1) is 8.60. The minimum atomic E-state index is -2.59. The van der Waals surface area contributed by atoms with Crippen LogP contribution >= 0.6 is 0 Å². The molecule has 108 valence electrons. The zero-order valence-corrected chi connectivity index (χ0v) is 13.6. The van der Waals surface area contributed by atoms with E-state index in [2.05, 4.69) is 31.1 Å². The van der Waals surface area contributed by atoms with Gasteiger partial charge in [-0.2, -0.15) is 0 Å². The standard InChI is InChI=1S/C12H28N2O3Si/c1-7-11(3)13-9-10-14-12(8-2)18(15-4,16-5)17-6/h12,14H,7-10H2,1-6H3. The van der Waals surface area contributed by atoms with Crippen LogP contribution in [0, 0.1) is 0 Å². The Morgan fingerprint density at radius 3 is 2.11 bits per heavy atom. The molecule has 0 aliphatic rings. The van der Waals surface area contributed by atoms with Gasteiger partial charge in [0.05, 0.1) is 12.2 Å². The normalized spacial score (nSPS) is 14.9. The summed E-state index contributed by atoms with van der Waals surface area (Å²) in [6, 6.07) is 0. The Morgan fingerprint density at radius 2 is 1.72 bits per heavy atom. The van der Waals surface area contributed by atoms with Gasteiger partial charge in [-0.3, -0.25) is 4.99 Å². The van der Waals surface area contributed by atoms with E-state index in [1.54, 1.807) is 21.3 Å². The second-order valence-corrected chi connectivity index (χ2v) is 7.23. The van der Waals surface area contributed by atoms with Crippen molar-refractivity contribution in [2.24, 2.45) is 4.99 Å². The molecule has 5 nitrogen and oxygen atoms in total. The maximum absolute atomic E-state index is 5.48. The minimum Gasteiger partial charge on any atom is -0.376 e. The monoisotopic (exact) mass is 276 g/mol. The van der Waals surface area contributed by atoms with Gasteiger partial charge in [-0.15, -0.1) is 0 Å². The lowest BCUT2D eigenvalue weighted by atomic mass is 10.3. The van der Waals surface area contributed by atoms with E-state index in [4.69, 9.17) is 13.3 Å². The van der Waals surface area contributed by atoms with Gasteiger partial charge in [0, 0.05) is 33.6 Å². The lowest BCUT2D eigenvalue weighted by molar-refractivity contribution is 0.106. The third-order valence-corrected chi connectivity index (χ3v) is 6.26. The molecule has 18 heavy (non-hydrogen) atoms. The van der Waals surface area contributed by atoms with E-state index in [0.29, 0.717) is 0 Å². The molecule has 0 aromatic carbocycles. The summed E-state index contributed by atoms with van der Waals surface area (Å²) in [7, 11) is 2.33. The van der Waals surface area contributed by atoms with Crippen LogP contribution in [0.25, 0.3) is 0 Å². The Hall–Kier alpha value is -0.273. The maximum Gasteiger partial charge on any atom is 0.517 e. The molecule has 1 atom stereocenters. The summed E-state index contributed by atoms with van der Waals surface area (Å²) >= 11 is 0. The third-order valence-electron chi connectivity index (χ3n) is 3.08. The van der Waals surface area contributed by atoms with Crippen LogP contribution in [-0.2, 0) is 13.3 Å². The highest BCUT2D eigenvalue weighted by Crippen LogP contribution is 2.14. The summed E-state index contributed by atoms with van der Waals surface area (Å²) in [5.41, 5.74) is 1.29. The van der Waals surface area contributed by atoms with Crippen molar-refractivity contribution in [1.29, 1.82) is 0 Å². The highest BCUT2D eigenvalue weighted by molar-refractivity contribution is 6.62. The summed E-state index contributed by atoms with van der Waals surface area (Å²) in [5, 5.41) is 3.42. The fourth-order valence-electron chi connectivity index (χ4n) is 1.79. The molecule has 0 saturated heterocycles. The molecule has 1 unspecified atom stereocenters. The molecule has 0 aromatic rings. The Morgan fingerprint density at radius 1 is 1.17 bits per heavy atom. The van der Waals surface area contributed by atoms with Gasteiger partial charge >= 0.3 is 8.80 Å². The summed E-state index contributed by atoms with van der Waals surface area (Å²) in [5.74, 6) is 0. The number of nitrogens with one attached hydrogen (secondary N) is 1. The molecular weight excluding hydrogens is 248 g/mol. The van der Waals surface area contributed by atoms with Crippen molar-refractivity contribution in [3.63, 3.8) is 0 Å². The molecule has 0 aliphatic heterocycles. The molecule has 0 fully saturated rings. The molecule has 0 spiro atoms. The quantitative estimate of drug-likeness (QED) is 0.374. The van der Waals surface area contributed by atoms with Gasteiger partial charge < -0.3 is 18.6 Å². The van der Waals surface area contributed by atoms with Gasteiger partial charge in [-0.1, -0.05) is 13.8 Å². The fourth-order valence-corrected chi connectivity index (χ4v) is 4.04. The topological polar surface area (TPSA) is 52.1 Å². The first-order valence-electron chi connectivity index (χ1n) is 6.48. The summed E-state index contributed by atoms with van der Waals surface area (Å²) in [4.78, 5) is 4.46. The van der Waals surface area contributed by atoms with Gasteiger partial charge in [0.1, 0.15) is 0 Å². The average molecular weight is 276 g/mol. The molecule has 6 heteroatoms. The van der Waals surface area contributed by atoms with Crippen LogP contribution in [0.4, 0.5) is 0 Å². The van der Waals surface area contributed by atoms with Crippen molar-refractivity contribution in [1.82, 2.24) is 5.32 Å². The lowest BCUT2D eigenvalue weighted by Gasteiger charge is -2.32. The number of hydrogen-bond acceptors (Lipinski definition) is 5. The fraction of sp³-hybridized carbons (Fsp3) is 0.917. The number of rotatable bonds is 10. The first kappa shape index (κ1) is 17.7. The van der Waals surface area contributed by atoms with Crippen LogP contribution in [0.3, 0.4) is 0 Å². The Kier molecular flexibility index (Phi) is 9.48. The molecular formula is C12H28N2O3Si. The van der Waals surface area contributed by atoms with E-state index in [9.17, 15) is 0 Å². The molecule has 0 radical (unpaired) electrons. The average Bonchev–Trinajstić information content (AvgIpc) is 2.42. The molecule has 0 saturated carbocycles. The Bertz CT molecular complexity index is 237. The van der Waals surface area contributed by atoms with Gasteiger partial charge in [-0.05, 0) is 19.8 Å². The van der Waals surface area contributed by atoms with Crippen molar-refractivity contribution < 1.29 is 13.3 Å². The predicted molar refractivity (Wildman–Crippen MR) is 77.1 cm³/mol. The lowest BCUT2D eigenvalue weighted by Crippen LogP contribution is -2.60. The van der Waals surface area contributed by atoms with E-state index in [-0.39, 0.29) is 5.67 Å². The maximum atomic E-state index is 5.48. The summed E-state index contributed by atoms with van der Waals surface area (Å²) in [6.07, 6.45) is 1.91. The van der Waals surface area contributed by atoms with Gasteiger partial charge in [0.2, 0.25) is 0 Å². The second kappa shape index (κ2) is 9.63. The third kappa shape index (κ3) is 5.15. The van der Waals surface area contributed by atoms with Crippen LogP contribution in [0.2, 0.25) is 0 Å². The number of nitrogens with zero attached hydrogens (tertiary/aromatic N) is 1. The van der Waals surface area contributed by atoms with Crippen LogP contribution in [0.5, 0.6) is 0 Å². The van der Waals surface area contributed by atoms with Gasteiger partial charge in [-0.25, -0.2) is 0 Å². The molecule has 0 heterocycles. The predicted octanol–water partition coefficient (Wildman–Crippen LogP) is 1.64. The van der Waals surface area contributed by atoms with Crippen molar-refractivity contribution in [2.75, 3.05) is 34.4 Å². The van der Waals surface area contributed by atoms with Gasteiger partial charge in [0.15, 0.2) is 0 Å². The van der Waals surface area contributed by atoms with E-state index in [0.717, 1.165) is 25.9 Å². The van der Waals surface area contributed by atoms with Crippen molar-refractivity contribution in [2.45, 2.75) is 39.3 Å². The van der Waals surface area contributed by atoms with Crippen molar-refractivity contribution >= 4 is 14.5 Å². The molecule has 0 bridgehead atoms. The summed E-state index contributed by atoms with van der Waals surface area (Å²) < 4.78 is 16.5. The van der Waals surface area contributed by atoms with Gasteiger partial charge in [0.25, 0.3) is 0 Å². The van der Waals surface area contributed by atoms with Crippen LogP contribution in [-0.4, -0.2) is 54.6 Å². The highest BCUT2D eigenvalue weighted by Gasteiger charge is 2.46. The van der Waals surface area contributed by atoms with Crippen LogP contribution in [0.15, 0.2) is 4.99 Å². The Labute approximate surface area is 112 Å². The SMILES string of the molecule is CCC(C)=NCCNC(CC)[Si](OC)(OC)OC. The van der Waals surface area contributed by atoms with Crippen LogP contribution < -0.4 is 5.32 Å². The molecule has 0 amide bonds.